The fraction of sp³-hybridized carbons (Fsp3) is 0.286. The van der Waals surface area contributed by atoms with Gasteiger partial charge in [0.25, 0.3) is 5.78 Å². The smallest absolute Gasteiger partial charge is 0.377 e. The van der Waals surface area contributed by atoms with Crippen LogP contribution in [-0.2, 0) is 17.8 Å². The minimum absolute atomic E-state index is 0.307. The molecule has 0 aliphatic carbocycles. The summed E-state index contributed by atoms with van der Waals surface area (Å²) in [5.74, 6) is -2.21. The van der Waals surface area contributed by atoms with E-state index in [2.05, 4.69) is 6.07 Å². The summed E-state index contributed by atoms with van der Waals surface area (Å²) < 4.78 is 2.02. The average molecular weight is 243 g/mol. The number of para-hydroxylation sites is 1. The highest BCUT2D eigenvalue weighted by atomic mass is 16.4. The Morgan fingerprint density at radius 1 is 1.22 bits per heavy atom. The highest BCUT2D eigenvalue weighted by molar-refractivity contribution is 6.42. The highest BCUT2D eigenvalue weighted by Gasteiger charge is 2.22. The van der Waals surface area contributed by atoms with Crippen molar-refractivity contribution in [3.63, 3.8) is 0 Å². The fourth-order valence-corrected chi connectivity index (χ4v) is 2.71. The van der Waals surface area contributed by atoms with E-state index >= 15 is 0 Å². The quantitative estimate of drug-likeness (QED) is 0.650. The lowest BCUT2D eigenvalue weighted by Gasteiger charge is -2.02. The van der Waals surface area contributed by atoms with Crippen molar-refractivity contribution in [1.82, 2.24) is 4.57 Å². The van der Waals surface area contributed by atoms with Crippen LogP contribution < -0.4 is 0 Å². The molecular weight excluding hydrogens is 230 g/mol. The molecule has 4 nitrogen and oxygen atoms in total. The van der Waals surface area contributed by atoms with Crippen molar-refractivity contribution in [2.75, 3.05) is 0 Å². The van der Waals surface area contributed by atoms with E-state index in [1.54, 1.807) is 6.20 Å². The van der Waals surface area contributed by atoms with E-state index in [4.69, 9.17) is 5.11 Å². The number of carboxylic acids is 1. The number of carbonyl (C=O) groups excluding carboxylic acids is 1. The van der Waals surface area contributed by atoms with Crippen LogP contribution in [0.2, 0.25) is 0 Å². The second-order valence-corrected chi connectivity index (χ2v) is 4.64. The third-order valence-electron chi connectivity index (χ3n) is 3.52. The summed E-state index contributed by atoms with van der Waals surface area (Å²) in [6.45, 7) is 0.848. The Morgan fingerprint density at radius 3 is 2.83 bits per heavy atom. The first-order chi connectivity index (χ1) is 8.68. The SMILES string of the molecule is O=C(O)C(=O)c1cn2c3c(cccc13)CCCC2. The third kappa shape index (κ3) is 1.53. The molecule has 4 heteroatoms. The molecule has 92 valence electrons. The summed E-state index contributed by atoms with van der Waals surface area (Å²) in [7, 11) is 0. The molecule has 0 bridgehead atoms. The molecule has 3 rings (SSSR count). The van der Waals surface area contributed by atoms with Gasteiger partial charge in [-0.2, -0.15) is 0 Å². The van der Waals surface area contributed by atoms with Gasteiger partial charge < -0.3 is 9.67 Å². The summed E-state index contributed by atoms with van der Waals surface area (Å²) in [5, 5.41) is 9.62. The zero-order valence-corrected chi connectivity index (χ0v) is 9.85. The van der Waals surface area contributed by atoms with Crippen LogP contribution in [0.25, 0.3) is 10.9 Å². The third-order valence-corrected chi connectivity index (χ3v) is 3.52. The second kappa shape index (κ2) is 3.98. The lowest BCUT2D eigenvalue weighted by molar-refractivity contribution is -0.131. The Balaban J connectivity index is 2.30. The number of hydrogen-bond acceptors (Lipinski definition) is 2. The van der Waals surface area contributed by atoms with Gasteiger partial charge in [0.2, 0.25) is 0 Å². The molecule has 0 amide bonds. The Labute approximate surface area is 104 Å². The number of aryl methyl sites for hydroxylation is 2. The van der Waals surface area contributed by atoms with E-state index in [-0.39, 0.29) is 0 Å². The monoisotopic (exact) mass is 243 g/mol. The van der Waals surface area contributed by atoms with Crippen molar-refractivity contribution >= 4 is 22.7 Å². The number of carboxylic acid groups (broad SMARTS) is 1. The van der Waals surface area contributed by atoms with Crippen molar-refractivity contribution in [2.45, 2.75) is 25.8 Å². The lowest BCUT2D eigenvalue weighted by Crippen LogP contribution is -2.12. The van der Waals surface area contributed by atoms with E-state index in [0.29, 0.717) is 5.56 Å². The number of benzene rings is 1. The van der Waals surface area contributed by atoms with E-state index in [1.807, 2.05) is 16.7 Å². The molecule has 0 atom stereocenters. The zero-order valence-electron chi connectivity index (χ0n) is 9.85. The molecule has 1 N–H and O–H groups in total. The maximum atomic E-state index is 11.7. The Kier molecular flexibility index (Phi) is 2.44. The van der Waals surface area contributed by atoms with Gasteiger partial charge in [0.15, 0.2) is 0 Å². The minimum Gasteiger partial charge on any atom is -0.475 e. The van der Waals surface area contributed by atoms with Crippen LogP contribution in [0.3, 0.4) is 0 Å². The Hall–Kier alpha value is -2.10. The van der Waals surface area contributed by atoms with Crippen molar-refractivity contribution in [3.8, 4) is 0 Å². The molecule has 0 saturated heterocycles. The van der Waals surface area contributed by atoms with Gasteiger partial charge in [0.1, 0.15) is 0 Å². The van der Waals surface area contributed by atoms with Gasteiger partial charge in [-0.05, 0) is 24.8 Å². The van der Waals surface area contributed by atoms with E-state index < -0.39 is 11.8 Å². The van der Waals surface area contributed by atoms with Crippen LogP contribution in [0.5, 0.6) is 0 Å². The molecule has 0 saturated carbocycles. The molecule has 2 heterocycles. The van der Waals surface area contributed by atoms with E-state index in [9.17, 15) is 9.59 Å². The van der Waals surface area contributed by atoms with Crippen molar-refractivity contribution < 1.29 is 14.7 Å². The van der Waals surface area contributed by atoms with Crippen LogP contribution in [0.4, 0.5) is 0 Å². The molecule has 0 radical (unpaired) electrons. The Morgan fingerprint density at radius 2 is 2.06 bits per heavy atom. The summed E-state index contributed by atoms with van der Waals surface area (Å²) in [6, 6.07) is 5.78. The zero-order chi connectivity index (χ0) is 12.7. The number of aliphatic carboxylic acids is 1. The number of ketones is 1. The number of carbonyl (C=O) groups is 2. The van der Waals surface area contributed by atoms with Crippen LogP contribution in [0.15, 0.2) is 24.4 Å². The average Bonchev–Trinajstić information content (AvgIpc) is 2.59. The first-order valence-corrected chi connectivity index (χ1v) is 6.07. The van der Waals surface area contributed by atoms with Gasteiger partial charge >= 0.3 is 5.97 Å². The Bertz CT molecular complexity index is 654. The van der Waals surface area contributed by atoms with Gasteiger partial charge in [-0.15, -0.1) is 0 Å². The minimum atomic E-state index is -1.39. The second-order valence-electron chi connectivity index (χ2n) is 4.64. The molecule has 0 spiro atoms. The van der Waals surface area contributed by atoms with Gasteiger partial charge in [-0.3, -0.25) is 4.79 Å². The normalized spacial score (nSPS) is 14.4. The first kappa shape index (κ1) is 11.0. The standard InChI is InChI=1S/C14H13NO3/c16-13(14(17)18)11-8-15-7-2-1-4-9-5-3-6-10(11)12(9)15/h3,5-6,8H,1-2,4,7H2,(H,17,18). The number of rotatable bonds is 2. The molecule has 1 aliphatic rings. The van der Waals surface area contributed by atoms with Crippen molar-refractivity contribution in [2.24, 2.45) is 0 Å². The topological polar surface area (TPSA) is 59.3 Å². The summed E-state index contributed by atoms with van der Waals surface area (Å²) >= 11 is 0. The number of nitrogens with zero attached hydrogens (tertiary/aromatic N) is 1. The maximum Gasteiger partial charge on any atom is 0.377 e. The molecular formula is C14H13NO3. The van der Waals surface area contributed by atoms with Crippen LogP contribution >= 0.6 is 0 Å². The predicted octanol–water partition coefficient (Wildman–Crippen LogP) is 2.24. The first-order valence-electron chi connectivity index (χ1n) is 6.07. The number of hydrogen-bond donors (Lipinski definition) is 1. The van der Waals surface area contributed by atoms with E-state index in [1.165, 1.54) is 5.56 Å². The predicted molar refractivity (Wildman–Crippen MR) is 66.8 cm³/mol. The molecule has 0 fully saturated rings. The van der Waals surface area contributed by atoms with Crippen molar-refractivity contribution in [1.29, 1.82) is 0 Å². The summed E-state index contributed by atoms with van der Waals surface area (Å²) in [4.78, 5) is 22.5. The molecule has 18 heavy (non-hydrogen) atoms. The number of aromatic nitrogens is 1. The maximum absolute atomic E-state index is 11.7. The largest absolute Gasteiger partial charge is 0.475 e. The molecule has 0 unspecified atom stereocenters. The van der Waals surface area contributed by atoms with Crippen LogP contribution in [0.1, 0.15) is 28.8 Å². The van der Waals surface area contributed by atoms with E-state index in [0.717, 1.165) is 36.7 Å². The molecule has 2 aromatic rings. The fourth-order valence-electron chi connectivity index (χ4n) is 2.71. The summed E-state index contributed by atoms with van der Waals surface area (Å²) in [5.41, 5.74) is 2.54. The molecule has 1 aromatic carbocycles. The van der Waals surface area contributed by atoms with Crippen molar-refractivity contribution in [3.05, 3.63) is 35.5 Å². The highest BCUT2D eigenvalue weighted by Crippen LogP contribution is 2.29. The van der Waals surface area contributed by atoms with Crippen LogP contribution in [-0.4, -0.2) is 21.4 Å². The van der Waals surface area contributed by atoms with Gasteiger partial charge in [-0.1, -0.05) is 18.2 Å². The van der Waals surface area contributed by atoms with Gasteiger partial charge in [0, 0.05) is 18.1 Å². The van der Waals surface area contributed by atoms with Gasteiger partial charge in [0.05, 0.1) is 11.1 Å². The van der Waals surface area contributed by atoms with Crippen LogP contribution in [0, 0.1) is 0 Å². The molecule has 1 aromatic heterocycles. The van der Waals surface area contributed by atoms with Gasteiger partial charge in [-0.25, -0.2) is 4.79 Å². The lowest BCUT2D eigenvalue weighted by atomic mass is 10.0. The summed E-state index contributed by atoms with van der Waals surface area (Å²) in [6.07, 6.45) is 4.86. The number of Topliss-reactive ketones (excluding diaryl/α,β-unsaturated/α-hetero) is 1. The molecule has 1 aliphatic heterocycles.